The van der Waals surface area contributed by atoms with E-state index in [4.69, 9.17) is 16.3 Å². The normalized spacial score (nSPS) is 23.0. The molecule has 3 nitrogen and oxygen atoms in total. The number of hydrogen-bond donors (Lipinski definition) is 2. The summed E-state index contributed by atoms with van der Waals surface area (Å²) in [4.78, 5) is 0. The van der Waals surface area contributed by atoms with E-state index in [9.17, 15) is 0 Å². The van der Waals surface area contributed by atoms with Gasteiger partial charge in [-0.05, 0) is 38.0 Å². The second-order valence-electron chi connectivity index (χ2n) is 5.31. The third-order valence-corrected chi connectivity index (χ3v) is 3.75. The van der Waals surface area contributed by atoms with Gasteiger partial charge in [0.05, 0.1) is 13.2 Å². The molecule has 0 amide bonds. The van der Waals surface area contributed by atoms with Gasteiger partial charge in [-0.3, -0.25) is 0 Å². The summed E-state index contributed by atoms with van der Waals surface area (Å²) in [5.74, 6) is 0. The number of morpholine rings is 1. The maximum atomic E-state index is 6.03. The lowest BCUT2D eigenvalue weighted by atomic mass is 10.0. The van der Waals surface area contributed by atoms with E-state index in [0.29, 0.717) is 18.1 Å². The molecule has 0 bridgehead atoms. The lowest BCUT2D eigenvalue weighted by molar-refractivity contribution is 0.0708. The highest BCUT2D eigenvalue weighted by Crippen LogP contribution is 2.18. The van der Waals surface area contributed by atoms with Crippen molar-refractivity contribution in [2.45, 2.75) is 38.4 Å². The molecule has 4 heteroatoms. The Hall–Kier alpha value is -0.610. The van der Waals surface area contributed by atoms with E-state index < -0.39 is 0 Å². The van der Waals surface area contributed by atoms with Crippen molar-refractivity contribution in [3.05, 3.63) is 34.9 Å². The van der Waals surface area contributed by atoms with Gasteiger partial charge in [0.2, 0.25) is 0 Å². The molecule has 1 aromatic rings. The smallest absolute Gasteiger partial charge is 0.0620 e. The zero-order valence-corrected chi connectivity index (χ0v) is 12.4. The van der Waals surface area contributed by atoms with E-state index in [0.717, 1.165) is 31.2 Å². The maximum Gasteiger partial charge on any atom is 0.0620 e. The molecule has 3 atom stereocenters. The summed E-state index contributed by atoms with van der Waals surface area (Å²) in [5.41, 5.74) is 1.23. The molecule has 0 spiro atoms. The van der Waals surface area contributed by atoms with E-state index in [-0.39, 0.29) is 0 Å². The number of benzene rings is 1. The van der Waals surface area contributed by atoms with Crippen molar-refractivity contribution in [1.82, 2.24) is 10.6 Å². The molecule has 1 aromatic carbocycles. The van der Waals surface area contributed by atoms with E-state index in [2.05, 4.69) is 30.5 Å². The van der Waals surface area contributed by atoms with Crippen LogP contribution in [0.4, 0.5) is 0 Å². The molecule has 19 heavy (non-hydrogen) atoms. The van der Waals surface area contributed by atoms with Crippen LogP contribution in [0.15, 0.2) is 24.3 Å². The summed E-state index contributed by atoms with van der Waals surface area (Å²) >= 11 is 6.03. The van der Waals surface area contributed by atoms with Crippen molar-refractivity contribution in [2.24, 2.45) is 0 Å². The minimum absolute atomic E-state index is 0.304. The predicted molar refractivity (Wildman–Crippen MR) is 79.7 cm³/mol. The number of ether oxygens (including phenoxy) is 1. The Morgan fingerprint density at radius 3 is 3.00 bits per heavy atom. The Balaban J connectivity index is 1.82. The molecule has 0 aliphatic carbocycles. The lowest BCUT2D eigenvalue weighted by Crippen LogP contribution is -2.45. The molecule has 2 N–H and O–H groups in total. The van der Waals surface area contributed by atoms with E-state index >= 15 is 0 Å². The Kier molecular flexibility index (Phi) is 5.64. The minimum Gasteiger partial charge on any atom is -0.379 e. The molecule has 1 fully saturated rings. The van der Waals surface area contributed by atoms with Gasteiger partial charge in [0.1, 0.15) is 0 Å². The van der Waals surface area contributed by atoms with Crippen molar-refractivity contribution in [2.75, 3.05) is 19.8 Å². The van der Waals surface area contributed by atoms with Crippen molar-refractivity contribution >= 4 is 11.6 Å². The first-order valence-electron chi connectivity index (χ1n) is 6.98. The molecule has 1 aliphatic rings. The fourth-order valence-electron chi connectivity index (χ4n) is 2.56. The minimum atomic E-state index is 0.304. The highest BCUT2D eigenvalue weighted by molar-refractivity contribution is 6.30. The second kappa shape index (κ2) is 7.25. The van der Waals surface area contributed by atoms with Gasteiger partial charge in [0.25, 0.3) is 0 Å². The van der Waals surface area contributed by atoms with Gasteiger partial charge in [-0.25, -0.2) is 0 Å². The molecule has 2 rings (SSSR count). The summed E-state index contributed by atoms with van der Waals surface area (Å²) in [7, 11) is 0. The Morgan fingerprint density at radius 1 is 1.47 bits per heavy atom. The van der Waals surface area contributed by atoms with Crippen LogP contribution in [0.3, 0.4) is 0 Å². The standard InChI is InChI=1S/C15H23ClN2O/c1-11(8-15-10-19-7-6-17-15)18-12(2)13-4-3-5-14(16)9-13/h3-5,9,11-12,15,17-18H,6-8,10H2,1-2H3. The molecular weight excluding hydrogens is 260 g/mol. The highest BCUT2D eigenvalue weighted by Gasteiger charge is 2.17. The van der Waals surface area contributed by atoms with Gasteiger partial charge in [-0.2, -0.15) is 0 Å². The van der Waals surface area contributed by atoms with Gasteiger partial charge in [0.15, 0.2) is 0 Å². The van der Waals surface area contributed by atoms with Crippen LogP contribution < -0.4 is 10.6 Å². The van der Waals surface area contributed by atoms with E-state index in [1.165, 1.54) is 5.56 Å². The first-order chi connectivity index (χ1) is 9.15. The highest BCUT2D eigenvalue weighted by atomic mass is 35.5. The first kappa shape index (κ1) is 14.8. The average Bonchev–Trinajstić information content (AvgIpc) is 2.39. The average molecular weight is 283 g/mol. The van der Waals surface area contributed by atoms with Gasteiger partial charge < -0.3 is 15.4 Å². The quantitative estimate of drug-likeness (QED) is 0.871. The summed E-state index contributed by atoms with van der Waals surface area (Å²) in [6, 6.07) is 9.24. The summed E-state index contributed by atoms with van der Waals surface area (Å²) in [6.45, 7) is 7.00. The molecule has 0 aromatic heterocycles. The zero-order valence-electron chi connectivity index (χ0n) is 11.7. The molecule has 3 unspecified atom stereocenters. The number of nitrogens with one attached hydrogen (secondary N) is 2. The molecule has 106 valence electrons. The van der Waals surface area contributed by atoms with Crippen LogP contribution >= 0.6 is 11.6 Å². The summed E-state index contributed by atoms with van der Waals surface area (Å²) < 4.78 is 5.48. The fourth-order valence-corrected chi connectivity index (χ4v) is 2.76. The number of halogens is 1. The topological polar surface area (TPSA) is 33.3 Å². The Bertz CT molecular complexity index is 393. The van der Waals surface area contributed by atoms with Crippen molar-refractivity contribution in [1.29, 1.82) is 0 Å². The van der Waals surface area contributed by atoms with Crippen molar-refractivity contribution in [3.63, 3.8) is 0 Å². The van der Waals surface area contributed by atoms with Gasteiger partial charge in [-0.1, -0.05) is 23.7 Å². The number of hydrogen-bond acceptors (Lipinski definition) is 3. The zero-order chi connectivity index (χ0) is 13.7. The molecule has 1 saturated heterocycles. The van der Waals surface area contributed by atoms with E-state index in [1.807, 2.05) is 18.2 Å². The van der Waals surface area contributed by atoms with Gasteiger partial charge >= 0.3 is 0 Å². The SMILES string of the molecule is CC(CC1COCCN1)NC(C)c1cccc(Cl)c1. The Labute approximate surface area is 120 Å². The molecular formula is C15H23ClN2O. The maximum absolute atomic E-state index is 6.03. The van der Waals surface area contributed by atoms with E-state index in [1.54, 1.807) is 0 Å². The van der Waals surface area contributed by atoms with Gasteiger partial charge in [0, 0.05) is 29.7 Å². The molecule has 1 aliphatic heterocycles. The second-order valence-corrected chi connectivity index (χ2v) is 5.74. The van der Waals surface area contributed by atoms with Crippen LogP contribution in [0, 0.1) is 0 Å². The molecule has 0 radical (unpaired) electrons. The van der Waals surface area contributed by atoms with Gasteiger partial charge in [-0.15, -0.1) is 0 Å². The third-order valence-electron chi connectivity index (χ3n) is 3.52. The lowest BCUT2D eigenvalue weighted by Gasteiger charge is -2.28. The first-order valence-corrected chi connectivity index (χ1v) is 7.35. The monoisotopic (exact) mass is 282 g/mol. The van der Waals surface area contributed by atoms with Crippen molar-refractivity contribution in [3.8, 4) is 0 Å². The van der Waals surface area contributed by atoms with Crippen LogP contribution in [-0.4, -0.2) is 31.8 Å². The number of rotatable bonds is 5. The third kappa shape index (κ3) is 4.77. The van der Waals surface area contributed by atoms with Crippen LogP contribution in [-0.2, 0) is 4.74 Å². The van der Waals surface area contributed by atoms with Crippen LogP contribution in [0.1, 0.15) is 31.9 Å². The summed E-state index contributed by atoms with van der Waals surface area (Å²) in [5, 5.41) is 7.90. The van der Waals surface area contributed by atoms with Crippen molar-refractivity contribution < 1.29 is 4.74 Å². The van der Waals surface area contributed by atoms with Crippen LogP contribution in [0.25, 0.3) is 0 Å². The molecule has 0 saturated carbocycles. The fraction of sp³-hybridized carbons (Fsp3) is 0.600. The predicted octanol–water partition coefficient (Wildman–Crippen LogP) is 2.76. The Morgan fingerprint density at radius 2 is 2.32 bits per heavy atom. The van der Waals surface area contributed by atoms with Crippen LogP contribution in [0.5, 0.6) is 0 Å². The van der Waals surface area contributed by atoms with Crippen LogP contribution in [0.2, 0.25) is 5.02 Å². The summed E-state index contributed by atoms with van der Waals surface area (Å²) in [6.07, 6.45) is 1.07. The molecule has 1 heterocycles. The largest absolute Gasteiger partial charge is 0.379 e.